The zero-order chi connectivity index (χ0) is 12.5. The molecule has 0 aliphatic carbocycles. The number of rotatable bonds is 4. The molecule has 98 valence electrons. The summed E-state index contributed by atoms with van der Waals surface area (Å²) in [5, 5.41) is 0. The van der Waals surface area contributed by atoms with Gasteiger partial charge in [-0.2, -0.15) is 0 Å². The Morgan fingerprint density at radius 1 is 1.00 bits per heavy atom. The Morgan fingerprint density at radius 3 is 2.18 bits per heavy atom. The molecule has 0 saturated carbocycles. The molecule has 17 heavy (non-hydrogen) atoms. The third-order valence-corrected chi connectivity index (χ3v) is 3.06. The lowest BCUT2D eigenvalue weighted by Gasteiger charge is -2.24. The van der Waals surface area contributed by atoms with Crippen molar-refractivity contribution in [3.63, 3.8) is 0 Å². The summed E-state index contributed by atoms with van der Waals surface area (Å²) < 4.78 is 4.81. The molecule has 4 heteroatoms. The van der Waals surface area contributed by atoms with Crippen LogP contribution in [-0.4, -0.2) is 36.5 Å². The average Bonchev–Trinajstić information content (AvgIpc) is 2.26. The van der Waals surface area contributed by atoms with E-state index < -0.39 is 0 Å². The van der Waals surface area contributed by atoms with E-state index >= 15 is 0 Å². The van der Waals surface area contributed by atoms with Crippen LogP contribution >= 0.6 is 0 Å². The van der Waals surface area contributed by atoms with Crippen LogP contribution in [0.15, 0.2) is 0 Å². The van der Waals surface area contributed by atoms with Gasteiger partial charge in [-0.1, -0.05) is 19.3 Å². The molecule has 0 radical (unpaired) electrons. The first-order chi connectivity index (χ1) is 8.24. The molecule has 1 fully saturated rings. The Labute approximate surface area is 103 Å². The van der Waals surface area contributed by atoms with Crippen molar-refractivity contribution in [2.75, 3.05) is 19.7 Å². The molecule has 0 unspecified atom stereocenters. The van der Waals surface area contributed by atoms with E-state index in [-0.39, 0.29) is 18.3 Å². The van der Waals surface area contributed by atoms with Crippen LogP contribution in [0.2, 0.25) is 0 Å². The van der Waals surface area contributed by atoms with Crippen molar-refractivity contribution < 1.29 is 14.3 Å². The Morgan fingerprint density at radius 2 is 1.59 bits per heavy atom. The highest BCUT2D eigenvalue weighted by Crippen LogP contribution is 2.12. The minimum atomic E-state index is -0.270. The van der Waals surface area contributed by atoms with Crippen LogP contribution in [-0.2, 0) is 14.3 Å². The van der Waals surface area contributed by atoms with E-state index in [0.717, 1.165) is 25.9 Å². The minimum Gasteiger partial charge on any atom is -0.466 e. The highest BCUT2D eigenvalue weighted by Gasteiger charge is 2.16. The van der Waals surface area contributed by atoms with Gasteiger partial charge >= 0.3 is 5.97 Å². The summed E-state index contributed by atoms with van der Waals surface area (Å²) in [5.41, 5.74) is 0. The Bertz CT molecular complexity index is 245. The highest BCUT2D eigenvalue weighted by molar-refractivity contribution is 5.81. The standard InChI is InChI=1S/C13H23NO3/c1-2-17-13(16)9-8-12(15)14-10-6-4-3-5-7-11-14/h2-11H2,1H3. The van der Waals surface area contributed by atoms with Crippen molar-refractivity contribution in [3.8, 4) is 0 Å². The zero-order valence-electron chi connectivity index (χ0n) is 10.7. The van der Waals surface area contributed by atoms with Gasteiger partial charge in [-0.25, -0.2) is 0 Å². The maximum Gasteiger partial charge on any atom is 0.306 e. The second-order valence-electron chi connectivity index (χ2n) is 4.45. The van der Waals surface area contributed by atoms with E-state index in [9.17, 15) is 9.59 Å². The van der Waals surface area contributed by atoms with Gasteiger partial charge in [0.1, 0.15) is 0 Å². The fourth-order valence-corrected chi connectivity index (χ4v) is 2.10. The van der Waals surface area contributed by atoms with Crippen LogP contribution in [0.3, 0.4) is 0 Å². The SMILES string of the molecule is CCOC(=O)CCC(=O)N1CCCCCCC1. The van der Waals surface area contributed by atoms with Crippen LogP contribution in [0, 0.1) is 0 Å². The molecule has 1 amide bonds. The molecule has 4 nitrogen and oxygen atoms in total. The summed E-state index contributed by atoms with van der Waals surface area (Å²) in [6, 6.07) is 0. The number of carbonyl (C=O) groups is 2. The topological polar surface area (TPSA) is 46.6 Å². The summed E-state index contributed by atoms with van der Waals surface area (Å²) >= 11 is 0. The third kappa shape index (κ3) is 5.71. The first-order valence-corrected chi connectivity index (χ1v) is 6.67. The van der Waals surface area contributed by atoms with Crippen LogP contribution in [0.5, 0.6) is 0 Å². The Balaban J connectivity index is 2.27. The van der Waals surface area contributed by atoms with Crippen molar-refractivity contribution in [1.29, 1.82) is 0 Å². The molecule has 0 aromatic heterocycles. The number of amides is 1. The molecular formula is C13H23NO3. The average molecular weight is 241 g/mol. The van der Waals surface area contributed by atoms with Gasteiger partial charge in [-0.3, -0.25) is 9.59 Å². The van der Waals surface area contributed by atoms with Crippen molar-refractivity contribution in [1.82, 2.24) is 4.90 Å². The van der Waals surface area contributed by atoms with E-state index in [4.69, 9.17) is 4.74 Å². The number of esters is 1. The molecule has 1 aliphatic heterocycles. The van der Waals surface area contributed by atoms with Gasteiger partial charge in [0.25, 0.3) is 0 Å². The van der Waals surface area contributed by atoms with Gasteiger partial charge in [-0.15, -0.1) is 0 Å². The van der Waals surface area contributed by atoms with E-state index in [2.05, 4.69) is 0 Å². The van der Waals surface area contributed by atoms with Crippen LogP contribution in [0.1, 0.15) is 51.9 Å². The summed E-state index contributed by atoms with van der Waals surface area (Å²) in [5.74, 6) is -0.173. The number of likely N-dealkylation sites (tertiary alicyclic amines) is 1. The van der Waals surface area contributed by atoms with Crippen molar-refractivity contribution >= 4 is 11.9 Å². The fourth-order valence-electron chi connectivity index (χ4n) is 2.10. The molecule has 0 aromatic carbocycles. The van der Waals surface area contributed by atoms with Crippen molar-refractivity contribution in [3.05, 3.63) is 0 Å². The van der Waals surface area contributed by atoms with E-state index in [0.29, 0.717) is 13.0 Å². The normalized spacial score (nSPS) is 17.1. The first-order valence-electron chi connectivity index (χ1n) is 6.67. The van der Waals surface area contributed by atoms with Crippen molar-refractivity contribution in [2.45, 2.75) is 51.9 Å². The largest absolute Gasteiger partial charge is 0.466 e. The number of hydrogen-bond donors (Lipinski definition) is 0. The summed E-state index contributed by atoms with van der Waals surface area (Å²) in [6.07, 6.45) is 6.38. The van der Waals surface area contributed by atoms with Crippen LogP contribution in [0.25, 0.3) is 0 Å². The molecule has 0 atom stereocenters. The van der Waals surface area contributed by atoms with Gasteiger partial charge in [0.05, 0.1) is 13.0 Å². The van der Waals surface area contributed by atoms with Crippen LogP contribution in [0.4, 0.5) is 0 Å². The molecule has 1 saturated heterocycles. The van der Waals surface area contributed by atoms with E-state index in [1.54, 1.807) is 6.92 Å². The number of hydrogen-bond acceptors (Lipinski definition) is 3. The van der Waals surface area contributed by atoms with E-state index in [1.807, 2.05) is 4.90 Å². The summed E-state index contributed by atoms with van der Waals surface area (Å²) in [6.45, 7) is 3.86. The number of ether oxygens (including phenoxy) is 1. The van der Waals surface area contributed by atoms with Crippen molar-refractivity contribution in [2.24, 2.45) is 0 Å². The fraction of sp³-hybridized carbons (Fsp3) is 0.846. The molecule has 0 N–H and O–H groups in total. The van der Waals surface area contributed by atoms with Gasteiger partial charge in [-0.05, 0) is 19.8 Å². The molecule has 1 heterocycles. The highest BCUT2D eigenvalue weighted by atomic mass is 16.5. The maximum absolute atomic E-state index is 11.9. The van der Waals surface area contributed by atoms with Gasteiger partial charge in [0.2, 0.25) is 5.91 Å². The van der Waals surface area contributed by atoms with E-state index in [1.165, 1.54) is 19.3 Å². The lowest BCUT2D eigenvalue weighted by atomic mass is 10.1. The maximum atomic E-state index is 11.9. The predicted molar refractivity (Wildman–Crippen MR) is 65.5 cm³/mol. The minimum absolute atomic E-state index is 0.0972. The molecule has 0 aromatic rings. The Kier molecular flexibility index (Phi) is 6.67. The number of nitrogens with zero attached hydrogens (tertiary/aromatic N) is 1. The lowest BCUT2D eigenvalue weighted by Crippen LogP contribution is -2.34. The number of carbonyl (C=O) groups excluding carboxylic acids is 2. The smallest absolute Gasteiger partial charge is 0.306 e. The van der Waals surface area contributed by atoms with Crippen LogP contribution < -0.4 is 0 Å². The molecular weight excluding hydrogens is 218 g/mol. The molecule has 0 bridgehead atoms. The third-order valence-electron chi connectivity index (χ3n) is 3.06. The molecule has 0 spiro atoms. The Hall–Kier alpha value is -1.06. The summed E-state index contributed by atoms with van der Waals surface area (Å²) in [4.78, 5) is 25.0. The van der Waals surface area contributed by atoms with Gasteiger partial charge in [0, 0.05) is 19.5 Å². The van der Waals surface area contributed by atoms with Gasteiger partial charge in [0.15, 0.2) is 0 Å². The zero-order valence-corrected chi connectivity index (χ0v) is 10.7. The molecule has 1 aliphatic rings. The lowest BCUT2D eigenvalue weighted by molar-refractivity contribution is -0.145. The molecule has 1 rings (SSSR count). The summed E-state index contributed by atoms with van der Waals surface area (Å²) in [7, 11) is 0. The predicted octanol–water partition coefficient (Wildman–Crippen LogP) is 2.12. The van der Waals surface area contributed by atoms with Gasteiger partial charge < -0.3 is 9.64 Å². The monoisotopic (exact) mass is 241 g/mol. The first kappa shape index (κ1) is 14.0. The second-order valence-corrected chi connectivity index (χ2v) is 4.45. The quantitative estimate of drug-likeness (QED) is 0.708. The second kappa shape index (κ2) is 8.09.